The van der Waals surface area contributed by atoms with E-state index in [0.717, 1.165) is 22.8 Å². The van der Waals surface area contributed by atoms with Gasteiger partial charge in [0, 0.05) is 12.1 Å². The molecule has 0 saturated carbocycles. The Bertz CT molecular complexity index is 805. The maximum absolute atomic E-state index is 12.5. The summed E-state index contributed by atoms with van der Waals surface area (Å²) in [4.78, 5) is 12.5. The molecule has 0 aliphatic heterocycles. The molecule has 1 unspecified atom stereocenters. The van der Waals surface area contributed by atoms with Crippen LogP contribution in [0.4, 0.5) is 5.69 Å². The number of benzene rings is 2. The van der Waals surface area contributed by atoms with E-state index in [9.17, 15) is 4.79 Å². The van der Waals surface area contributed by atoms with Crippen LogP contribution in [0.3, 0.4) is 0 Å². The number of nitrogens with one attached hydrogen (secondary N) is 1. The van der Waals surface area contributed by atoms with Crippen LogP contribution in [0.15, 0.2) is 71.3 Å². The average Bonchev–Trinajstić information content (AvgIpc) is 3.15. The number of aryl methyl sites for hydroxylation is 1. The van der Waals surface area contributed by atoms with Crippen molar-refractivity contribution in [2.24, 2.45) is 0 Å². The van der Waals surface area contributed by atoms with Crippen LogP contribution in [-0.4, -0.2) is 13.0 Å². The highest BCUT2D eigenvalue weighted by atomic mass is 16.5. The van der Waals surface area contributed by atoms with Gasteiger partial charge in [0.25, 0.3) is 0 Å². The third kappa shape index (κ3) is 4.29. The number of anilines is 1. The minimum atomic E-state index is -0.117. The first kappa shape index (κ1) is 16.8. The Morgan fingerprint density at radius 3 is 2.40 bits per heavy atom. The summed E-state index contributed by atoms with van der Waals surface area (Å²) in [6, 6.07) is 19.2. The molecule has 2 aromatic carbocycles. The Morgan fingerprint density at radius 2 is 1.80 bits per heavy atom. The highest BCUT2D eigenvalue weighted by Gasteiger charge is 2.20. The molecule has 0 radical (unpaired) electrons. The number of hydrogen-bond donors (Lipinski definition) is 1. The largest absolute Gasteiger partial charge is 0.497 e. The van der Waals surface area contributed by atoms with E-state index in [4.69, 9.17) is 9.15 Å². The lowest BCUT2D eigenvalue weighted by Crippen LogP contribution is -2.16. The van der Waals surface area contributed by atoms with Crippen molar-refractivity contribution in [3.8, 4) is 5.75 Å². The zero-order valence-corrected chi connectivity index (χ0v) is 14.4. The average molecular weight is 335 g/mol. The molecule has 0 spiro atoms. The Hall–Kier alpha value is -3.01. The fourth-order valence-electron chi connectivity index (χ4n) is 2.74. The molecule has 0 aliphatic rings. The van der Waals surface area contributed by atoms with Crippen LogP contribution in [-0.2, 0) is 4.79 Å². The summed E-state index contributed by atoms with van der Waals surface area (Å²) in [7, 11) is 1.61. The van der Waals surface area contributed by atoms with Gasteiger partial charge in [-0.05, 0) is 48.9 Å². The van der Waals surface area contributed by atoms with Crippen molar-refractivity contribution in [3.05, 3.63) is 83.8 Å². The number of carbonyl (C=O) groups is 1. The summed E-state index contributed by atoms with van der Waals surface area (Å²) < 4.78 is 10.7. The molecule has 4 heteroatoms. The van der Waals surface area contributed by atoms with E-state index in [1.807, 2.05) is 67.6 Å². The summed E-state index contributed by atoms with van der Waals surface area (Å²) in [5.41, 5.74) is 2.99. The Morgan fingerprint density at radius 1 is 1.08 bits per heavy atom. The maximum atomic E-state index is 12.5. The van der Waals surface area contributed by atoms with E-state index < -0.39 is 0 Å². The standard InChI is InChI=1S/C21H21NO3/c1-15-5-7-16(8-6-15)19(20-4-3-13-25-20)14-21(23)22-17-9-11-18(24-2)12-10-17/h3-13,19H,14H2,1-2H3,(H,22,23). The number of rotatable bonds is 6. The Kier molecular flexibility index (Phi) is 5.19. The normalized spacial score (nSPS) is 11.8. The van der Waals surface area contributed by atoms with Gasteiger partial charge >= 0.3 is 0 Å². The molecule has 25 heavy (non-hydrogen) atoms. The van der Waals surface area contributed by atoms with E-state index in [0.29, 0.717) is 6.42 Å². The molecule has 1 heterocycles. The van der Waals surface area contributed by atoms with Crippen molar-refractivity contribution < 1.29 is 13.9 Å². The highest BCUT2D eigenvalue weighted by Crippen LogP contribution is 2.29. The number of amides is 1. The van der Waals surface area contributed by atoms with Gasteiger partial charge in [0.05, 0.1) is 19.3 Å². The summed E-state index contributed by atoms with van der Waals surface area (Å²) in [5.74, 6) is 1.36. The first-order valence-corrected chi connectivity index (χ1v) is 8.19. The Labute approximate surface area is 147 Å². The van der Waals surface area contributed by atoms with Gasteiger partial charge in [-0.1, -0.05) is 29.8 Å². The summed E-state index contributed by atoms with van der Waals surface area (Å²) in [6.07, 6.45) is 1.94. The molecular formula is C21H21NO3. The number of carbonyl (C=O) groups excluding carboxylic acids is 1. The third-order valence-corrected chi connectivity index (χ3v) is 4.13. The van der Waals surface area contributed by atoms with Crippen LogP contribution in [0.1, 0.15) is 29.2 Å². The van der Waals surface area contributed by atoms with Crippen molar-refractivity contribution in [1.82, 2.24) is 0 Å². The summed E-state index contributed by atoms with van der Waals surface area (Å²) in [5, 5.41) is 2.93. The van der Waals surface area contributed by atoms with E-state index in [1.165, 1.54) is 5.56 Å². The second-order valence-corrected chi connectivity index (χ2v) is 5.96. The predicted octanol–water partition coefficient (Wildman–Crippen LogP) is 4.76. The molecule has 1 amide bonds. The number of ether oxygens (including phenoxy) is 1. The SMILES string of the molecule is COc1ccc(NC(=O)CC(c2ccc(C)cc2)c2ccco2)cc1. The number of furan rings is 1. The van der Waals surface area contributed by atoms with Gasteiger partial charge in [-0.25, -0.2) is 0 Å². The van der Waals surface area contributed by atoms with Crippen molar-refractivity contribution in [3.63, 3.8) is 0 Å². The molecule has 4 nitrogen and oxygen atoms in total. The van der Waals surface area contributed by atoms with E-state index in [2.05, 4.69) is 5.32 Å². The van der Waals surface area contributed by atoms with Crippen molar-refractivity contribution >= 4 is 11.6 Å². The van der Waals surface area contributed by atoms with Crippen LogP contribution in [0.25, 0.3) is 0 Å². The molecular weight excluding hydrogens is 314 g/mol. The smallest absolute Gasteiger partial charge is 0.225 e. The minimum Gasteiger partial charge on any atom is -0.497 e. The first-order chi connectivity index (χ1) is 12.2. The van der Waals surface area contributed by atoms with Crippen LogP contribution in [0.5, 0.6) is 5.75 Å². The minimum absolute atomic E-state index is 0.0628. The quantitative estimate of drug-likeness (QED) is 0.707. The van der Waals surface area contributed by atoms with Crippen LogP contribution in [0, 0.1) is 6.92 Å². The second-order valence-electron chi connectivity index (χ2n) is 5.96. The highest BCUT2D eigenvalue weighted by molar-refractivity contribution is 5.91. The fourth-order valence-corrected chi connectivity index (χ4v) is 2.74. The zero-order valence-electron chi connectivity index (χ0n) is 14.4. The van der Waals surface area contributed by atoms with Crippen molar-refractivity contribution in [2.45, 2.75) is 19.3 Å². The molecule has 0 aliphatic carbocycles. The molecule has 0 fully saturated rings. The van der Waals surface area contributed by atoms with E-state index in [1.54, 1.807) is 13.4 Å². The molecule has 1 atom stereocenters. The van der Waals surface area contributed by atoms with Gasteiger partial charge in [0.2, 0.25) is 5.91 Å². The molecule has 1 N–H and O–H groups in total. The van der Waals surface area contributed by atoms with E-state index >= 15 is 0 Å². The van der Waals surface area contributed by atoms with Gasteiger partial charge in [0.1, 0.15) is 11.5 Å². The molecule has 0 saturated heterocycles. The van der Waals surface area contributed by atoms with Gasteiger partial charge in [-0.3, -0.25) is 4.79 Å². The van der Waals surface area contributed by atoms with Crippen LogP contribution < -0.4 is 10.1 Å². The monoisotopic (exact) mass is 335 g/mol. The van der Waals surface area contributed by atoms with Crippen LogP contribution in [0.2, 0.25) is 0 Å². The maximum Gasteiger partial charge on any atom is 0.225 e. The first-order valence-electron chi connectivity index (χ1n) is 8.19. The third-order valence-electron chi connectivity index (χ3n) is 4.13. The molecule has 0 bridgehead atoms. The van der Waals surface area contributed by atoms with Gasteiger partial charge in [-0.15, -0.1) is 0 Å². The number of hydrogen-bond acceptors (Lipinski definition) is 3. The van der Waals surface area contributed by atoms with Gasteiger partial charge in [-0.2, -0.15) is 0 Å². The molecule has 3 rings (SSSR count). The lowest BCUT2D eigenvalue weighted by atomic mass is 9.92. The number of methoxy groups -OCH3 is 1. The second kappa shape index (κ2) is 7.71. The zero-order chi connectivity index (χ0) is 17.6. The summed E-state index contributed by atoms with van der Waals surface area (Å²) >= 11 is 0. The lowest BCUT2D eigenvalue weighted by Gasteiger charge is -2.15. The van der Waals surface area contributed by atoms with Gasteiger partial charge < -0.3 is 14.5 Å². The van der Waals surface area contributed by atoms with Crippen molar-refractivity contribution in [2.75, 3.05) is 12.4 Å². The fraction of sp³-hybridized carbons (Fsp3) is 0.190. The molecule has 128 valence electrons. The van der Waals surface area contributed by atoms with Gasteiger partial charge in [0.15, 0.2) is 0 Å². The molecule has 1 aromatic heterocycles. The summed E-state index contributed by atoms with van der Waals surface area (Å²) in [6.45, 7) is 2.04. The molecule has 3 aromatic rings. The predicted molar refractivity (Wildman–Crippen MR) is 98.0 cm³/mol. The van der Waals surface area contributed by atoms with Crippen LogP contribution >= 0.6 is 0 Å². The lowest BCUT2D eigenvalue weighted by molar-refractivity contribution is -0.116. The Balaban J connectivity index is 1.75. The topological polar surface area (TPSA) is 51.5 Å². The van der Waals surface area contributed by atoms with Crippen molar-refractivity contribution in [1.29, 1.82) is 0 Å². The van der Waals surface area contributed by atoms with E-state index in [-0.39, 0.29) is 11.8 Å².